The molecular weight excluding hydrogens is 254 g/mol. The summed E-state index contributed by atoms with van der Waals surface area (Å²) in [7, 11) is 2.04. The second-order valence-electron chi connectivity index (χ2n) is 5.11. The fraction of sp³-hybridized carbons (Fsp3) is 0.625. The number of likely N-dealkylation sites (N-methyl/N-ethyl adjacent to an activating group) is 1. The first kappa shape index (κ1) is 16.8. The van der Waals surface area contributed by atoms with Gasteiger partial charge in [0.1, 0.15) is 18.1 Å². The monoisotopic (exact) mass is 281 g/mol. The number of hydrogen-bond donors (Lipinski definition) is 1. The number of benzene rings is 1. The van der Waals surface area contributed by atoms with Gasteiger partial charge in [-0.2, -0.15) is 0 Å². The molecule has 0 aliphatic rings. The molecule has 0 saturated carbocycles. The summed E-state index contributed by atoms with van der Waals surface area (Å²) in [6.45, 7) is 7.02. The van der Waals surface area contributed by atoms with Gasteiger partial charge in [-0.15, -0.1) is 0 Å². The summed E-state index contributed by atoms with van der Waals surface area (Å²) < 4.78 is 11.2. The highest BCUT2D eigenvalue weighted by Gasteiger charge is 2.02. The van der Waals surface area contributed by atoms with Crippen molar-refractivity contribution in [3.8, 4) is 11.5 Å². The molecule has 0 aliphatic heterocycles. The van der Waals surface area contributed by atoms with Crippen molar-refractivity contribution in [2.24, 2.45) is 0 Å². The first-order chi connectivity index (χ1) is 9.61. The van der Waals surface area contributed by atoms with Gasteiger partial charge in [0.05, 0.1) is 12.7 Å². The van der Waals surface area contributed by atoms with Crippen molar-refractivity contribution in [2.45, 2.75) is 32.8 Å². The molecule has 1 aromatic rings. The van der Waals surface area contributed by atoms with E-state index >= 15 is 0 Å². The summed E-state index contributed by atoms with van der Waals surface area (Å²) in [6.07, 6.45) is 1.56. The van der Waals surface area contributed by atoms with E-state index in [1.807, 2.05) is 38.2 Å². The summed E-state index contributed by atoms with van der Waals surface area (Å²) in [5.41, 5.74) is 0. The minimum Gasteiger partial charge on any atom is -0.494 e. The van der Waals surface area contributed by atoms with Crippen molar-refractivity contribution in [1.29, 1.82) is 0 Å². The lowest BCUT2D eigenvalue weighted by Crippen LogP contribution is -2.27. The molecule has 0 fully saturated rings. The minimum atomic E-state index is -0.242. The summed E-state index contributed by atoms with van der Waals surface area (Å²) in [5.74, 6) is 1.74. The van der Waals surface area contributed by atoms with Crippen LogP contribution in [-0.4, -0.2) is 49.5 Å². The first-order valence-electron chi connectivity index (χ1n) is 7.34. The van der Waals surface area contributed by atoms with Crippen LogP contribution in [0.25, 0.3) is 0 Å². The quantitative estimate of drug-likeness (QED) is 0.715. The van der Waals surface area contributed by atoms with Crippen LogP contribution in [0.5, 0.6) is 11.5 Å². The van der Waals surface area contributed by atoms with Crippen molar-refractivity contribution in [3.63, 3.8) is 0 Å². The van der Waals surface area contributed by atoms with Crippen molar-refractivity contribution < 1.29 is 14.6 Å². The molecule has 0 aliphatic carbocycles. The zero-order chi connectivity index (χ0) is 14.8. The van der Waals surface area contributed by atoms with Gasteiger partial charge < -0.3 is 19.5 Å². The molecule has 0 saturated heterocycles. The average molecular weight is 281 g/mol. The molecule has 20 heavy (non-hydrogen) atoms. The maximum absolute atomic E-state index is 9.22. The molecule has 1 rings (SSSR count). The topological polar surface area (TPSA) is 41.9 Å². The Labute approximate surface area is 122 Å². The summed E-state index contributed by atoms with van der Waals surface area (Å²) in [5, 5.41) is 9.22. The molecule has 1 N–H and O–H groups in total. The number of aliphatic hydroxyl groups excluding tert-OH is 1. The lowest BCUT2D eigenvalue weighted by Gasteiger charge is -2.17. The van der Waals surface area contributed by atoms with Gasteiger partial charge in [0, 0.05) is 13.1 Å². The summed E-state index contributed by atoms with van der Waals surface area (Å²) in [6, 6.07) is 7.73. The highest BCUT2D eigenvalue weighted by molar-refractivity contribution is 5.31. The molecule has 0 aromatic heterocycles. The average Bonchev–Trinajstić information content (AvgIpc) is 2.44. The minimum absolute atomic E-state index is 0.242. The fourth-order valence-electron chi connectivity index (χ4n) is 1.69. The van der Waals surface area contributed by atoms with Crippen LogP contribution in [0.2, 0.25) is 0 Å². The zero-order valence-corrected chi connectivity index (χ0v) is 12.8. The van der Waals surface area contributed by atoms with Gasteiger partial charge in [-0.1, -0.05) is 6.92 Å². The Morgan fingerprint density at radius 3 is 2.10 bits per heavy atom. The number of ether oxygens (including phenoxy) is 2. The van der Waals surface area contributed by atoms with Crippen LogP contribution in [0.1, 0.15) is 26.7 Å². The summed E-state index contributed by atoms with van der Waals surface area (Å²) >= 11 is 0. The third-order valence-electron chi connectivity index (χ3n) is 2.97. The van der Waals surface area contributed by atoms with Crippen LogP contribution in [0.15, 0.2) is 24.3 Å². The third-order valence-corrected chi connectivity index (χ3v) is 2.97. The second-order valence-corrected chi connectivity index (χ2v) is 5.11. The Morgan fingerprint density at radius 2 is 1.60 bits per heavy atom. The highest BCUT2D eigenvalue weighted by Crippen LogP contribution is 2.17. The molecule has 0 spiro atoms. The highest BCUT2D eigenvalue weighted by atomic mass is 16.5. The molecule has 1 atom stereocenters. The van der Waals surface area contributed by atoms with Gasteiger partial charge in [0.2, 0.25) is 0 Å². The number of nitrogens with zero attached hydrogens (tertiary/aromatic N) is 1. The van der Waals surface area contributed by atoms with E-state index in [9.17, 15) is 5.11 Å². The van der Waals surface area contributed by atoms with E-state index in [0.29, 0.717) is 6.61 Å². The normalized spacial score (nSPS) is 12.4. The molecule has 0 bridgehead atoms. The third kappa shape index (κ3) is 7.36. The van der Waals surface area contributed by atoms with Gasteiger partial charge in [-0.3, -0.25) is 0 Å². The van der Waals surface area contributed by atoms with E-state index in [-0.39, 0.29) is 6.10 Å². The summed E-state index contributed by atoms with van der Waals surface area (Å²) in [4.78, 5) is 2.16. The number of hydrogen-bond acceptors (Lipinski definition) is 4. The maximum atomic E-state index is 9.22. The Kier molecular flexibility index (Phi) is 8.07. The molecule has 0 heterocycles. The van der Waals surface area contributed by atoms with Gasteiger partial charge in [0.25, 0.3) is 0 Å². The van der Waals surface area contributed by atoms with Gasteiger partial charge >= 0.3 is 0 Å². The van der Waals surface area contributed by atoms with Gasteiger partial charge in [-0.05, 0) is 51.1 Å². The van der Waals surface area contributed by atoms with Crippen LogP contribution < -0.4 is 9.47 Å². The van der Waals surface area contributed by atoms with Crippen molar-refractivity contribution in [1.82, 2.24) is 4.90 Å². The van der Waals surface area contributed by atoms with E-state index in [2.05, 4.69) is 11.8 Å². The van der Waals surface area contributed by atoms with Crippen molar-refractivity contribution in [3.05, 3.63) is 24.3 Å². The van der Waals surface area contributed by atoms with E-state index in [0.717, 1.165) is 44.0 Å². The zero-order valence-electron chi connectivity index (χ0n) is 12.8. The van der Waals surface area contributed by atoms with Crippen LogP contribution in [0.4, 0.5) is 0 Å². The Morgan fingerprint density at radius 1 is 1.05 bits per heavy atom. The Hall–Kier alpha value is -1.26. The molecular formula is C16H27NO3. The Bertz CT molecular complexity index is 351. The SMILES string of the molecule is CCCOc1ccc(OCCN(C)CCC(C)O)cc1. The van der Waals surface area contributed by atoms with E-state index in [1.165, 1.54) is 0 Å². The van der Waals surface area contributed by atoms with E-state index in [1.54, 1.807) is 0 Å². The van der Waals surface area contributed by atoms with E-state index < -0.39 is 0 Å². The first-order valence-corrected chi connectivity index (χ1v) is 7.34. The van der Waals surface area contributed by atoms with Gasteiger partial charge in [-0.25, -0.2) is 0 Å². The molecule has 0 radical (unpaired) electrons. The molecule has 4 nitrogen and oxygen atoms in total. The number of rotatable bonds is 10. The largest absolute Gasteiger partial charge is 0.494 e. The van der Waals surface area contributed by atoms with Crippen LogP contribution in [0, 0.1) is 0 Å². The van der Waals surface area contributed by atoms with Crippen LogP contribution in [-0.2, 0) is 0 Å². The van der Waals surface area contributed by atoms with Crippen LogP contribution >= 0.6 is 0 Å². The predicted molar refractivity (Wildman–Crippen MR) is 81.5 cm³/mol. The second kappa shape index (κ2) is 9.61. The maximum Gasteiger partial charge on any atom is 0.119 e. The predicted octanol–water partition coefficient (Wildman–Crippen LogP) is 2.56. The molecule has 1 aromatic carbocycles. The number of aliphatic hydroxyl groups is 1. The molecule has 114 valence electrons. The molecule has 4 heteroatoms. The smallest absolute Gasteiger partial charge is 0.119 e. The van der Waals surface area contributed by atoms with Crippen LogP contribution in [0.3, 0.4) is 0 Å². The molecule has 0 amide bonds. The molecule has 1 unspecified atom stereocenters. The standard InChI is InChI=1S/C16H27NO3/c1-4-12-19-15-5-7-16(8-6-15)20-13-11-17(3)10-9-14(2)18/h5-8,14,18H,4,9-13H2,1-3H3. The van der Waals surface area contributed by atoms with Crippen molar-refractivity contribution in [2.75, 3.05) is 33.4 Å². The lowest BCUT2D eigenvalue weighted by atomic mass is 10.3. The van der Waals surface area contributed by atoms with E-state index in [4.69, 9.17) is 9.47 Å². The van der Waals surface area contributed by atoms with Gasteiger partial charge in [0.15, 0.2) is 0 Å². The lowest BCUT2D eigenvalue weighted by molar-refractivity contribution is 0.157. The van der Waals surface area contributed by atoms with Crippen molar-refractivity contribution >= 4 is 0 Å². The fourth-order valence-corrected chi connectivity index (χ4v) is 1.69. The Balaban J connectivity index is 2.21.